The van der Waals surface area contributed by atoms with Gasteiger partial charge in [-0.15, -0.1) is 0 Å². The minimum Gasteiger partial charge on any atom is -0.294 e. The summed E-state index contributed by atoms with van der Waals surface area (Å²) in [6.07, 6.45) is 8.63. The van der Waals surface area contributed by atoms with Gasteiger partial charge in [-0.25, -0.2) is 0 Å². The molecule has 0 spiro atoms. The maximum absolute atomic E-state index is 2.86. The molecule has 1 heteroatoms. The van der Waals surface area contributed by atoms with E-state index >= 15 is 0 Å². The molecule has 0 radical (unpaired) electrons. The molecule has 2 heterocycles. The molecule has 0 saturated carbocycles. The Bertz CT molecular complexity index is 199. The van der Waals surface area contributed by atoms with Crippen LogP contribution < -0.4 is 0 Å². The Morgan fingerprint density at radius 1 is 1.29 bits per heavy atom. The Kier molecular flexibility index (Phi) is 2.88. The lowest BCUT2D eigenvalue weighted by atomic mass is 9.75. The van der Waals surface area contributed by atoms with Crippen molar-refractivity contribution in [2.24, 2.45) is 5.92 Å². The molecule has 2 aliphatic rings. The van der Waals surface area contributed by atoms with Crippen LogP contribution in [0.3, 0.4) is 0 Å². The van der Waals surface area contributed by atoms with Crippen molar-refractivity contribution < 1.29 is 0 Å². The molecule has 0 N–H and O–H groups in total. The SMILES string of the molecule is CCC1CCCC2(C(C)C)CCCN12. The average molecular weight is 195 g/mol. The topological polar surface area (TPSA) is 3.24 Å². The van der Waals surface area contributed by atoms with Gasteiger partial charge in [-0.3, -0.25) is 4.90 Å². The zero-order chi connectivity index (χ0) is 10.2. The summed E-state index contributed by atoms with van der Waals surface area (Å²) < 4.78 is 0. The van der Waals surface area contributed by atoms with E-state index in [1.807, 2.05) is 0 Å². The molecule has 0 aliphatic carbocycles. The van der Waals surface area contributed by atoms with Crippen molar-refractivity contribution in [3.63, 3.8) is 0 Å². The van der Waals surface area contributed by atoms with Crippen molar-refractivity contribution >= 4 is 0 Å². The first kappa shape index (κ1) is 10.5. The van der Waals surface area contributed by atoms with Crippen molar-refractivity contribution in [1.29, 1.82) is 0 Å². The molecular formula is C13H25N. The van der Waals surface area contributed by atoms with Crippen LogP contribution in [0.5, 0.6) is 0 Å². The number of rotatable bonds is 2. The first-order valence-electron chi connectivity index (χ1n) is 6.47. The maximum atomic E-state index is 2.86. The van der Waals surface area contributed by atoms with Crippen LogP contribution in [0.1, 0.15) is 59.3 Å². The summed E-state index contributed by atoms with van der Waals surface area (Å²) in [7, 11) is 0. The standard InChI is InChI=1S/C13H25N/c1-4-12-7-5-8-13(11(2)3)9-6-10-14(12)13/h11-12H,4-10H2,1-3H3. The van der Waals surface area contributed by atoms with Crippen molar-refractivity contribution in [1.82, 2.24) is 4.90 Å². The largest absolute Gasteiger partial charge is 0.294 e. The zero-order valence-corrected chi connectivity index (χ0v) is 10.1. The molecule has 0 aromatic carbocycles. The van der Waals surface area contributed by atoms with Gasteiger partial charge in [-0.2, -0.15) is 0 Å². The van der Waals surface area contributed by atoms with Gasteiger partial charge in [0.1, 0.15) is 0 Å². The molecule has 2 rings (SSSR count). The van der Waals surface area contributed by atoms with Gasteiger partial charge in [0, 0.05) is 11.6 Å². The molecule has 0 bridgehead atoms. The summed E-state index contributed by atoms with van der Waals surface area (Å²) in [5.74, 6) is 0.847. The zero-order valence-electron chi connectivity index (χ0n) is 10.1. The predicted molar refractivity (Wildman–Crippen MR) is 61.4 cm³/mol. The van der Waals surface area contributed by atoms with Gasteiger partial charge >= 0.3 is 0 Å². The van der Waals surface area contributed by atoms with Crippen LogP contribution in [0.15, 0.2) is 0 Å². The second-order valence-corrected chi connectivity index (χ2v) is 5.51. The normalized spacial score (nSPS) is 39.0. The summed E-state index contributed by atoms with van der Waals surface area (Å²) >= 11 is 0. The monoisotopic (exact) mass is 195 g/mol. The van der Waals surface area contributed by atoms with Crippen LogP contribution in [0, 0.1) is 5.92 Å². The molecule has 14 heavy (non-hydrogen) atoms. The van der Waals surface area contributed by atoms with Gasteiger partial charge < -0.3 is 0 Å². The third-order valence-electron chi connectivity index (χ3n) is 4.71. The van der Waals surface area contributed by atoms with Crippen molar-refractivity contribution in [3.05, 3.63) is 0 Å². The number of hydrogen-bond acceptors (Lipinski definition) is 1. The second-order valence-electron chi connectivity index (χ2n) is 5.51. The Hall–Kier alpha value is -0.0400. The smallest absolute Gasteiger partial charge is 0.0235 e. The molecule has 0 amide bonds. The van der Waals surface area contributed by atoms with E-state index < -0.39 is 0 Å². The highest BCUT2D eigenvalue weighted by Crippen LogP contribution is 2.45. The van der Waals surface area contributed by atoms with Gasteiger partial charge in [0.05, 0.1) is 0 Å². The molecule has 2 saturated heterocycles. The highest BCUT2D eigenvalue weighted by Gasteiger charge is 2.47. The second kappa shape index (κ2) is 3.84. The molecule has 82 valence electrons. The Morgan fingerprint density at radius 3 is 2.64 bits per heavy atom. The summed E-state index contributed by atoms with van der Waals surface area (Å²) in [4.78, 5) is 2.86. The van der Waals surface area contributed by atoms with E-state index in [4.69, 9.17) is 0 Å². The molecule has 0 aromatic rings. The lowest BCUT2D eigenvalue weighted by molar-refractivity contribution is 0.00141. The van der Waals surface area contributed by atoms with Crippen LogP contribution in [0.2, 0.25) is 0 Å². The third-order valence-corrected chi connectivity index (χ3v) is 4.71. The van der Waals surface area contributed by atoms with E-state index in [2.05, 4.69) is 25.7 Å². The maximum Gasteiger partial charge on any atom is 0.0235 e. The van der Waals surface area contributed by atoms with Gasteiger partial charge in [0.25, 0.3) is 0 Å². The van der Waals surface area contributed by atoms with E-state index in [0.717, 1.165) is 12.0 Å². The van der Waals surface area contributed by atoms with E-state index in [0.29, 0.717) is 5.54 Å². The van der Waals surface area contributed by atoms with Crippen LogP contribution >= 0.6 is 0 Å². The number of fused-ring (bicyclic) bond motifs is 1. The first-order chi connectivity index (χ1) is 6.70. The van der Waals surface area contributed by atoms with Gasteiger partial charge in [0.15, 0.2) is 0 Å². The highest BCUT2D eigenvalue weighted by molar-refractivity contribution is 5.03. The Morgan fingerprint density at radius 2 is 2.00 bits per heavy atom. The molecular weight excluding hydrogens is 170 g/mol. The molecule has 2 unspecified atom stereocenters. The summed E-state index contributed by atoms with van der Waals surface area (Å²) in [6, 6.07) is 0.897. The molecule has 2 atom stereocenters. The minimum atomic E-state index is 0.596. The van der Waals surface area contributed by atoms with E-state index in [9.17, 15) is 0 Å². The fourth-order valence-electron chi connectivity index (χ4n) is 3.87. The molecule has 1 nitrogen and oxygen atoms in total. The molecule has 2 aliphatic heterocycles. The van der Waals surface area contributed by atoms with Crippen LogP contribution in [-0.4, -0.2) is 23.0 Å². The Balaban J connectivity index is 2.20. The number of nitrogens with zero attached hydrogens (tertiary/aromatic N) is 1. The van der Waals surface area contributed by atoms with E-state index in [1.165, 1.54) is 45.1 Å². The molecule has 2 fully saturated rings. The molecule has 0 aromatic heterocycles. The highest BCUT2D eigenvalue weighted by atomic mass is 15.3. The Labute approximate surface area is 88.9 Å². The summed E-state index contributed by atoms with van der Waals surface area (Å²) in [5.41, 5.74) is 0.596. The fourth-order valence-corrected chi connectivity index (χ4v) is 3.87. The van der Waals surface area contributed by atoms with Crippen molar-refractivity contribution in [3.8, 4) is 0 Å². The van der Waals surface area contributed by atoms with Gasteiger partial charge in [-0.05, 0) is 44.6 Å². The van der Waals surface area contributed by atoms with E-state index in [1.54, 1.807) is 0 Å². The average Bonchev–Trinajstić information content (AvgIpc) is 2.61. The number of hydrogen-bond donors (Lipinski definition) is 0. The predicted octanol–water partition coefficient (Wildman–Crippen LogP) is 3.44. The number of piperidine rings is 1. The third kappa shape index (κ3) is 1.41. The van der Waals surface area contributed by atoms with Crippen LogP contribution in [0.4, 0.5) is 0 Å². The van der Waals surface area contributed by atoms with Crippen molar-refractivity contribution in [2.45, 2.75) is 70.9 Å². The lowest BCUT2D eigenvalue weighted by Gasteiger charge is -2.50. The van der Waals surface area contributed by atoms with E-state index in [-0.39, 0.29) is 0 Å². The first-order valence-corrected chi connectivity index (χ1v) is 6.47. The summed E-state index contributed by atoms with van der Waals surface area (Å²) in [6.45, 7) is 8.59. The van der Waals surface area contributed by atoms with Gasteiger partial charge in [-0.1, -0.05) is 27.2 Å². The van der Waals surface area contributed by atoms with Crippen molar-refractivity contribution in [2.75, 3.05) is 6.54 Å². The van der Waals surface area contributed by atoms with Crippen LogP contribution in [-0.2, 0) is 0 Å². The fraction of sp³-hybridized carbons (Fsp3) is 1.00. The van der Waals surface area contributed by atoms with Gasteiger partial charge in [0.2, 0.25) is 0 Å². The minimum absolute atomic E-state index is 0.596. The summed E-state index contributed by atoms with van der Waals surface area (Å²) in [5, 5.41) is 0. The lowest BCUT2D eigenvalue weighted by Crippen LogP contribution is -2.55. The quantitative estimate of drug-likeness (QED) is 0.652. The van der Waals surface area contributed by atoms with Crippen LogP contribution in [0.25, 0.3) is 0 Å².